The van der Waals surface area contributed by atoms with Crippen molar-refractivity contribution in [2.75, 3.05) is 27.3 Å². The van der Waals surface area contributed by atoms with E-state index in [9.17, 15) is 4.79 Å². The van der Waals surface area contributed by atoms with Crippen molar-refractivity contribution in [3.05, 3.63) is 42.4 Å². The predicted molar refractivity (Wildman–Crippen MR) is 101 cm³/mol. The molecule has 0 radical (unpaired) electrons. The van der Waals surface area contributed by atoms with Crippen molar-refractivity contribution in [2.24, 2.45) is 0 Å². The van der Waals surface area contributed by atoms with Crippen LogP contribution in [0.3, 0.4) is 0 Å². The van der Waals surface area contributed by atoms with Crippen molar-refractivity contribution in [1.82, 2.24) is 14.9 Å². The van der Waals surface area contributed by atoms with Crippen LogP contribution in [0.4, 0.5) is 0 Å². The van der Waals surface area contributed by atoms with Gasteiger partial charge in [0.05, 0.1) is 33.2 Å². The smallest absolute Gasteiger partial charge is 0.289 e. The molecule has 2 aromatic heterocycles. The summed E-state index contributed by atoms with van der Waals surface area (Å²) >= 11 is 0. The van der Waals surface area contributed by atoms with Gasteiger partial charge in [-0.2, -0.15) is 4.98 Å². The molecular formula is C20H21N3O5. The van der Waals surface area contributed by atoms with Crippen LogP contribution in [-0.4, -0.2) is 54.2 Å². The monoisotopic (exact) mass is 383 g/mol. The molecule has 1 saturated heterocycles. The maximum absolute atomic E-state index is 13.0. The minimum absolute atomic E-state index is 0.164. The number of benzene rings is 1. The van der Waals surface area contributed by atoms with Crippen molar-refractivity contribution in [3.63, 3.8) is 0 Å². The van der Waals surface area contributed by atoms with Gasteiger partial charge in [-0.15, -0.1) is 0 Å². The Kier molecular flexibility index (Phi) is 5.01. The second kappa shape index (κ2) is 7.75. The van der Waals surface area contributed by atoms with Gasteiger partial charge in [0.15, 0.2) is 17.1 Å². The van der Waals surface area contributed by atoms with Gasteiger partial charge in [-0.1, -0.05) is 12.1 Å². The Morgan fingerprint density at radius 2 is 2.07 bits per heavy atom. The zero-order chi connectivity index (χ0) is 19.5. The number of methoxy groups -OCH3 is 2. The first-order chi connectivity index (χ1) is 13.7. The molecule has 1 atom stereocenters. The number of fused-ring (bicyclic) bond motifs is 1. The molecular weight excluding hydrogens is 362 g/mol. The molecule has 0 aliphatic carbocycles. The van der Waals surface area contributed by atoms with Crippen LogP contribution in [0.2, 0.25) is 0 Å². The SMILES string of the molecule is COc1cncc(OC2CCCN(C(=O)c3cc4cccc(OC)c4o3)C2)n1. The van der Waals surface area contributed by atoms with Crippen molar-refractivity contribution < 1.29 is 23.4 Å². The molecule has 3 heterocycles. The molecule has 146 valence electrons. The molecule has 8 nitrogen and oxygen atoms in total. The first-order valence-electron chi connectivity index (χ1n) is 9.06. The standard InChI is InChI=1S/C20H21N3O5/c1-25-15-7-3-5-13-9-16(28-19(13)15)20(24)23-8-4-6-14(12-23)27-18-11-21-10-17(22-18)26-2/h3,5,7,9-11,14H,4,6,8,12H2,1-2H3. The van der Waals surface area contributed by atoms with E-state index < -0.39 is 0 Å². The van der Waals surface area contributed by atoms with Crippen LogP contribution in [-0.2, 0) is 0 Å². The Morgan fingerprint density at radius 3 is 2.89 bits per heavy atom. The van der Waals surface area contributed by atoms with Gasteiger partial charge in [-0.3, -0.25) is 9.78 Å². The summed E-state index contributed by atoms with van der Waals surface area (Å²) in [6.07, 6.45) is 4.54. The zero-order valence-corrected chi connectivity index (χ0v) is 15.8. The third kappa shape index (κ3) is 3.58. The van der Waals surface area contributed by atoms with Gasteiger partial charge in [0.25, 0.3) is 5.91 Å². The maximum atomic E-state index is 13.0. The van der Waals surface area contributed by atoms with Crippen LogP contribution in [0.15, 0.2) is 41.1 Å². The average molecular weight is 383 g/mol. The molecule has 0 bridgehead atoms. The summed E-state index contributed by atoms with van der Waals surface area (Å²) in [5.74, 6) is 1.50. The highest BCUT2D eigenvalue weighted by Gasteiger charge is 2.28. The number of carbonyl (C=O) groups excluding carboxylic acids is 1. The first-order valence-corrected chi connectivity index (χ1v) is 9.06. The van der Waals surface area contributed by atoms with E-state index in [1.54, 1.807) is 24.1 Å². The van der Waals surface area contributed by atoms with Gasteiger partial charge >= 0.3 is 0 Å². The molecule has 1 unspecified atom stereocenters. The Morgan fingerprint density at radius 1 is 1.21 bits per heavy atom. The highest BCUT2D eigenvalue weighted by Crippen LogP contribution is 2.29. The lowest BCUT2D eigenvalue weighted by Crippen LogP contribution is -2.44. The summed E-state index contributed by atoms with van der Waals surface area (Å²) < 4.78 is 22.1. The number of ether oxygens (including phenoxy) is 3. The minimum Gasteiger partial charge on any atom is -0.493 e. The Bertz CT molecular complexity index is 987. The summed E-state index contributed by atoms with van der Waals surface area (Å²) in [7, 11) is 3.10. The molecule has 28 heavy (non-hydrogen) atoms. The molecule has 0 saturated carbocycles. The Hall–Kier alpha value is -3.29. The first kappa shape index (κ1) is 18.1. The number of aromatic nitrogens is 2. The number of para-hydroxylation sites is 1. The topological polar surface area (TPSA) is 86.9 Å². The summed E-state index contributed by atoms with van der Waals surface area (Å²) in [5, 5.41) is 0.833. The van der Waals surface area contributed by atoms with Crippen LogP contribution in [0.5, 0.6) is 17.5 Å². The zero-order valence-electron chi connectivity index (χ0n) is 15.8. The number of carbonyl (C=O) groups is 1. The van der Waals surface area contributed by atoms with Crippen LogP contribution >= 0.6 is 0 Å². The van der Waals surface area contributed by atoms with Crippen LogP contribution in [0.1, 0.15) is 23.4 Å². The molecule has 1 fully saturated rings. The predicted octanol–water partition coefficient (Wildman–Crippen LogP) is 2.92. The fraction of sp³-hybridized carbons (Fsp3) is 0.350. The van der Waals surface area contributed by atoms with Crippen molar-refractivity contribution in [1.29, 1.82) is 0 Å². The highest BCUT2D eigenvalue weighted by molar-refractivity contribution is 5.97. The van der Waals surface area contributed by atoms with E-state index in [-0.39, 0.29) is 12.0 Å². The normalized spacial score (nSPS) is 16.8. The van der Waals surface area contributed by atoms with E-state index in [0.717, 1.165) is 18.2 Å². The number of amides is 1. The Balaban J connectivity index is 1.49. The van der Waals surface area contributed by atoms with Crippen molar-refractivity contribution in [2.45, 2.75) is 18.9 Å². The number of rotatable bonds is 5. The van der Waals surface area contributed by atoms with Gasteiger partial charge in [-0.05, 0) is 25.0 Å². The van der Waals surface area contributed by atoms with Crippen LogP contribution in [0.25, 0.3) is 11.0 Å². The lowest BCUT2D eigenvalue weighted by atomic mass is 10.1. The number of nitrogens with zero attached hydrogens (tertiary/aromatic N) is 3. The summed E-state index contributed by atoms with van der Waals surface area (Å²) in [6.45, 7) is 1.10. The number of hydrogen-bond donors (Lipinski definition) is 0. The maximum Gasteiger partial charge on any atom is 0.289 e. The molecule has 1 amide bonds. The van der Waals surface area contributed by atoms with E-state index in [1.807, 2.05) is 12.1 Å². The molecule has 1 aliphatic heterocycles. The third-order valence-corrected chi connectivity index (χ3v) is 4.69. The Labute approximate surface area is 162 Å². The number of hydrogen-bond acceptors (Lipinski definition) is 7. The van der Waals surface area contributed by atoms with E-state index in [4.69, 9.17) is 18.6 Å². The van der Waals surface area contributed by atoms with Gasteiger partial charge in [0, 0.05) is 11.9 Å². The molecule has 1 aliphatic rings. The molecule has 4 rings (SSSR count). The average Bonchev–Trinajstić information content (AvgIpc) is 3.18. The van der Waals surface area contributed by atoms with Gasteiger partial charge in [0.2, 0.25) is 11.8 Å². The quantitative estimate of drug-likeness (QED) is 0.669. The highest BCUT2D eigenvalue weighted by atomic mass is 16.5. The molecule has 0 N–H and O–H groups in total. The second-order valence-electron chi connectivity index (χ2n) is 6.52. The van der Waals surface area contributed by atoms with Crippen LogP contribution in [0, 0.1) is 0 Å². The molecule has 3 aromatic rings. The lowest BCUT2D eigenvalue weighted by Gasteiger charge is -2.32. The largest absolute Gasteiger partial charge is 0.493 e. The minimum atomic E-state index is -0.168. The summed E-state index contributed by atoms with van der Waals surface area (Å²) in [4.78, 5) is 23.0. The van der Waals surface area contributed by atoms with Gasteiger partial charge in [-0.25, -0.2) is 0 Å². The van der Waals surface area contributed by atoms with Gasteiger partial charge in [0.1, 0.15) is 6.10 Å². The third-order valence-electron chi connectivity index (χ3n) is 4.69. The summed E-state index contributed by atoms with van der Waals surface area (Å²) in [5.41, 5.74) is 0.574. The fourth-order valence-corrected chi connectivity index (χ4v) is 3.33. The van der Waals surface area contributed by atoms with Crippen molar-refractivity contribution >= 4 is 16.9 Å². The number of furan rings is 1. The lowest BCUT2D eigenvalue weighted by molar-refractivity contribution is 0.0500. The molecule has 0 spiro atoms. The van der Waals surface area contributed by atoms with E-state index in [1.165, 1.54) is 19.5 Å². The molecule has 8 heteroatoms. The van der Waals surface area contributed by atoms with Crippen molar-refractivity contribution in [3.8, 4) is 17.5 Å². The number of piperidine rings is 1. The van der Waals surface area contributed by atoms with Crippen LogP contribution < -0.4 is 14.2 Å². The number of likely N-dealkylation sites (tertiary alicyclic amines) is 1. The summed E-state index contributed by atoms with van der Waals surface area (Å²) in [6, 6.07) is 7.31. The van der Waals surface area contributed by atoms with Gasteiger partial charge < -0.3 is 23.5 Å². The van der Waals surface area contributed by atoms with E-state index in [0.29, 0.717) is 41.9 Å². The second-order valence-corrected chi connectivity index (χ2v) is 6.52. The van der Waals surface area contributed by atoms with E-state index in [2.05, 4.69) is 9.97 Å². The fourth-order valence-electron chi connectivity index (χ4n) is 3.33. The van der Waals surface area contributed by atoms with E-state index >= 15 is 0 Å². The molecule has 1 aromatic carbocycles.